The molecule has 0 unspecified atom stereocenters. The quantitative estimate of drug-likeness (QED) is 0.519. The molecule has 1 heterocycles. The van der Waals surface area contributed by atoms with Crippen molar-refractivity contribution < 1.29 is 14.7 Å². The first-order valence-corrected chi connectivity index (χ1v) is 13.0. The summed E-state index contributed by atoms with van der Waals surface area (Å²) in [6, 6.07) is 14.7. The van der Waals surface area contributed by atoms with Crippen LogP contribution in [0.5, 0.6) is 0 Å². The molecule has 1 N–H and O–H groups in total. The molecular formula is C30H35NO3. The molecular weight excluding hydrogens is 422 g/mol. The predicted molar refractivity (Wildman–Crippen MR) is 136 cm³/mol. The van der Waals surface area contributed by atoms with Crippen LogP contribution in [0.25, 0.3) is 5.57 Å². The van der Waals surface area contributed by atoms with Crippen LogP contribution >= 0.6 is 0 Å². The third-order valence-electron chi connectivity index (χ3n) is 8.19. The van der Waals surface area contributed by atoms with Crippen LogP contribution in [0.15, 0.2) is 48.0 Å². The molecule has 1 aliphatic heterocycles. The van der Waals surface area contributed by atoms with Crippen molar-refractivity contribution >= 4 is 23.5 Å². The molecule has 0 atom stereocenters. The van der Waals surface area contributed by atoms with Crippen LogP contribution in [0.3, 0.4) is 0 Å². The van der Waals surface area contributed by atoms with Crippen molar-refractivity contribution in [3.63, 3.8) is 0 Å². The van der Waals surface area contributed by atoms with Gasteiger partial charge in [-0.15, -0.1) is 0 Å². The second-order valence-corrected chi connectivity index (χ2v) is 10.3. The molecule has 178 valence electrons. The van der Waals surface area contributed by atoms with Crippen molar-refractivity contribution in [2.75, 3.05) is 18.0 Å². The number of nitrogens with zero attached hydrogens (tertiary/aromatic N) is 1. The number of carbonyl (C=O) groups excluding carboxylic acids is 1. The smallest absolute Gasteiger partial charge is 0.335 e. The molecule has 2 aromatic rings. The monoisotopic (exact) mass is 457 g/mol. The molecule has 0 bridgehead atoms. The van der Waals surface area contributed by atoms with E-state index in [4.69, 9.17) is 0 Å². The number of allylic oxidation sites excluding steroid dienone is 1. The van der Waals surface area contributed by atoms with Crippen LogP contribution < -0.4 is 4.90 Å². The molecule has 0 aromatic heterocycles. The number of hydrogen-bond acceptors (Lipinski definition) is 3. The van der Waals surface area contributed by atoms with Crippen LogP contribution in [-0.2, 0) is 11.2 Å². The van der Waals surface area contributed by atoms with Gasteiger partial charge < -0.3 is 14.8 Å². The van der Waals surface area contributed by atoms with E-state index >= 15 is 0 Å². The molecule has 0 spiro atoms. The zero-order valence-corrected chi connectivity index (χ0v) is 20.0. The maximum Gasteiger partial charge on any atom is 0.335 e. The molecule has 3 aliphatic rings. The third-order valence-corrected chi connectivity index (χ3v) is 8.19. The maximum absolute atomic E-state index is 11.6. The van der Waals surface area contributed by atoms with Crippen LogP contribution in [0.1, 0.15) is 84.8 Å². The molecule has 1 saturated carbocycles. The fourth-order valence-corrected chi connectivity index (χ4v) is 6.28. The summed E-state index contributed by atoms with van der Waals surface area (Å²) >= 11 is 0. The van der Waals surface area contributed by atoms with Crippen LogP contribution in [0, 0.1) is 11.8 Å². The second kappa shape index (κ2) is 10.2. The summed E-state index contributed by atoms with van der Waals surface area (Å²) in [4.78, 5) is 25.1. The summed E-state index contributed by atoms with van der Waals surface area (Å²) in [7, 11) is 0. The van der Waals surface area contributed by atoms with E-state index in [1.54, 1.807) is 11.6 Å². The van der Waals surface area contributed by atoms with E-state index < -0.39 is 5.97 Å². The molecule has 2 fully saturated rings. The highest BCUT2D eigenvalue weighted by Gasteiger charge is 2.26. The van der Waals surface area contributed by atoms with E-state index in [9.17, 15) is 14.7 Å². The van der Waals surface area contributed by atoms with Gasteiger partial charge in [-0.05, 0) is 97.4 Å². The molecule has 5 rings (SSSR count). The minimum Gasteiger partial charge on any atom is -0.478 e. The molecule has 0 radical (unpaired) electrons. The summed E-state index contributed by atoms with van der Waals surface area (Å²) in [5.41, 5.74) is 8.18. The number of hydrogen-bond donors (Lipinski definition) is 1. The maximum atomic E-state index is 11.6. The Labute approximate surface area is 202 Å². The van der Waals surface area contributed by atoms with Gasteiger partial charge in [-0.2, -0.15) is 0 Å². The molecule has 4 heteroatoms. The van der Waals surface area contributed by atoms with Crippen molar-refractivity contribution in [2.24, 2.45) is 11.8 Å². The van der Waals surface area contributed by atoms with Gasteiger partial charge in [-0.3, -0.25) is 0 Å². The van der Waals surface area contributed by atoms with Gasteiger partial charge in [0.15, 0.2) is 0 Å². The summed E-state index contributed by atoms with van der Waals surface area (Å²) in [6.45, 7) is 1.86. The predicted octanol–water partition coefficient (Wildman–Crippen LogP) is 6.52. The van der Waals surface area contributed by atoms with Crippen LogP contribution in [0.4, 0.5) is 5.69 Å². The average Bonchev–Trinajstić information content (AvgIpc) is 3.08. The zero-order valence-electron chi connectivity index (χ0n) is 20.0. The number of carboxylic acids is 1. The number of carboxylic acid groups (broad SMARTS) is 1. The SMILES string of the molecule is O=CC1CCN(c2ccc(C3=C(C4CCCCC4)CCCc4cc(C(=O)O)ccc43)cc2)CC1. The highest BCUT2D eigenvalue weighted by Crippen LogP contribution is 2.43. The number of rotatable bonds is 5. The lowest BCUT2D eigenvalue weighted by Crippen LogP contribution is -2.34. The third kappa shape index (κ3) is 4.68. The van der Waals surface area contributed by atoms with Gasteiger partial charge in [-0.1, -0.05) is 43.0 Å². The summed E-state index contributed by atoms with van der Waals surface area (Å²) < 4.78 is 0. The molecule has 2 aliphatic carbocycles. The Bertz CT molecular complexity index is 1070. The number of carbonyl (C=O) groups is 2. The Balaban J connectivity index is 1.53. The van der Waals surface area contributed by atoms with E-state index in [-0.39, 0.29) is 5.92 Å². The van der Waals surface area contributed by atoms with E-state index in [1.807, 2.05) is 6.07 Å². The molecule has 0 amide bonds. The molecule has 1 saturated heterocycles. The normalized spacial score (nSPS) is 20.1. The molecule has 34 heavy (non-hydrogen) atoms. The van der Waals surface area contributed by atoms with Crippen molar-refractivity contribution in [2.45, 2.75) is 64.2 Å². The molecule has 2 aromatic carbocycles. The fraction of sp³-hybridized carbons (Fsp3) is 0.467. The Morgan fingerprint density at radius 1 is 0.882 bits per heavy atom. The number of aldehydes is 1. The summed E-state index contributed by atoms with van der Waals surface area (Å²) in [5.74, 6) is -0.0133. The van der Waals surface area contributed by atoms with E-state index in [0.29, 0.717) is 11.5 Å². The second-order valence-electron chi connectivity index (χ2n) is 10.3. The van der Waals surface area contributed by atoms with Crippen molar-refractivity contribution in [1.82, 2.24) is 0 Å². The van der Waals surface area contributed by atoms with Gasteiger partial charge in [0.1, 0.15) is 6.29 Å². The Hall–Kier alpha value is -2.88. The van der Waals surface area contributed by atoms with Crippen LogP contribution in [-0.4, -0.2) is 30.5 Å². The van der Waals surface area contributed by atoms with Gasteiger partial charge in [0.25, 0.3) is 0 Å². The first-order valence-electron chi connectivity index (χ1n) is 13.0. The van der Waals surface area contributed by atoms with E-state index in [1.165, 1.54) is 60.1 Å². The van der Waals surface area contributed by atoms with Crippen molar-refractivity contribution in [1.29, 1.82) is 0 Å². The minimum absolute atomic E-state index is 0.205. The Morgan fingerprint density at radius 2 is 1.62 bits per heavy atom. The van der Waals surface area contributed by atoms with E-state index in [0.717, 1.165) is 51.5 Å². The van der Waals surface area contributed by atoms with Crippen molar-refractivity contribution in [3.05, 3.63) is 70.3 Å². The number of anilines is 1. The lowest BCUT2D eigenvalue weighted by molar-refractivity contribution is -0.111. The Kier molecular flexibility index (Phi) is 6.85. The first-order chi connectivity index (χ1) is 16.6. The Morgan fingerprint density at radius 3 is 2.29 bits per heavy atom. The summed E-state index contributed by atoms with van der Waals surface area (Å²) in [5, 5.41) is 9.55. The number of fused-ring (bicyclic) bond motifs is 1. The van der Waals surface area contributed by atoms with Gasteiger partial charge in [0.05, 0.1) is 5.56 Å². The van der Waals surface area contributed by atoms with Gasteiger partial charge >= 0.3 is 5.97 Å². The highest BCUT2D eigenvalue weighted by atomic mass is 16.4. The lowest BCUT2D eigenvalue weighted by atomic mass is 9.78. The number of aromatic carboxylic acids is 1. The standard InChI is InChI=1S/C30H35NO3/c32-20-21-15-17-31(18-16-21)26-12-9-23(10-13-26)29-27(22-5-2-1-3-6-22)8-4-7-24-19-25(30(33)34)11-14-28(24)29/h9-14,19-22H,1-8,15-18H2,(H,33,34). The van der Waals surface area contributed by atoms with Gasteiger partial charge in [0.2, 0.25) is 0 Å². The number of piperidine rings is 1. The van der Waals surface area contributed by atoms with Crippen LogP contribution in [0.2, 0.25) is 0 Å². The number of aryl methyl sites for hydroxylation is 1. The van der Waals surface area contributed by atoms with E-state index in [2.05, 4.69) is 35.2 Å². The number of benzene rings is 2. The van der Waals surface area contributed by atoms with Gasteiger partial charge in [0, 0.05) is 24.7 Å². The molecule has 4 nitrogen and oxygen atoms in total. The lowest BCUT2D eigenvalue weighted by Gasteiger charge is -2.32. The highest BCUT2D eigenvalue weighted by molar-refractivity contribution is 5.91. The fourth-order valence-electron chi connectivity index (χ4n) is 6.28. The largest absolute Gasteiger partial charge is 0.478 e. The zero-order chi connectivity index (χ0) is 23.5. The van der Waals surface area contributed by atoms with Crippen molar-refractivity contribution in [3.8, 4) is 0 Å². The summed E-state index contributed by atoms with van der Waals surface area (Å²) in [6.07, 6.45) is 12.6. The topological polar surface area (TPSA) is 57.6 Å². The first kappa shape index (κ1) is 22.9. The minimum atomic E-state index is -0.854. The van der Waals surface area contributed by atoms with Gasteiger partial charge in [-0.25, -0.2) is 4.79 Å². The average molecular weight is 458 g/mol.